The van der Waals surface area contributed by atoms with Crippen LogP contribution in [0.5, 0.6) is 0 Å². The van der Waals surface area contributed by atoms with Crippen LogP contribution in [0.4, 0.5) is 0 Å². The number of rotatable bonds is 3. The molecule has 0 amide bonds. The fourth-order valence-electron chi connectivity index (χ4n) is 4.29. The number of benzene rings is 1. The monoisotopic (exact) mass is 334 g/mol. The van der Waals surface area contributed by atoms with Gasteiger partial charge in [-0.1, -0.05) is 18.2 Å². The van der Waals surface area contributed by atoms with Crippen LogP contribution < -0.4 is 5.32 Å². The van der Waals surface area contributed by atoms with Crippen molar-refractivity contribution < 1.29 is 0 Å². The first-order chi connectivity index (χ1) is 10.8. The molecule has 4 rings (SSSR count). The molecule has 0 radical (unpaired) electrons. The Kier molecular flexibility index (Phi) is 4.95. The van der Waals surface area contributed by atoms with Crippen LogP contribution in [0, 0.1) is 5.41 Å². The number of aryl methyl sites for hydroxylation is 1. The molecule has 2 aliphatic rings. The topological polar surface area (TPSA) is 33.1 Å². The number of nitrogens with one attached hydrogen (secondary N) is 1. The molecule has 126 valence electrons. The maximum atomic E-state index is 4.87. The van der Waals surface area contributed by atoms with Gasteiger partial charge in [-0.2, -0.15) is 5.10 Å². The van der Waals surface area contributed by atoms with Gasteiger partial charge in [0.15, 0.2) is 0 Å². The van der Waals surface area contributed by atoms with E-state index < -0.39 is 0 Å². The summed E-state index contributed by atoms with van der Waals surface area (Å²) in [6.45, 7) is 8.99. The minimum atomic E-state index is 0. The van der Waals surface area contributed by atoms with Crippen molar-refractivity contribution in [2.75, 3.05) is 26.2 Å². The van der Waals surface area contributed by atoms with Gasteiger partial charge in [0.05, 0.1) is 11.2 Å². The van der Waals surface area contributed by atoms with E-state index in [4.69, 9.17) is 5.10 Å². The summed E-state index contributed by atoms with van der Waals surface area (Å²) in [4.78, 5) is 2.63. The highest BCUT2D eigenvalue weighted by Gasteiger charge is 2.38. The molecule has 0 atom stereocenters. The summed E-state index contributed by atoms with van der Waals surface area (Å²) in [7, 11) is 0. The molecule has 2 saturated heterocycles. The van der Waals surface area contributed by atoms with E-state index >= 15 is 0 Å². The maximum Gasteiger partial charge on any atom is 0.0843 e. The minimum Gasteiger partial charge on any atom is -0.317 e. The third kappa shape index (κ3) is 3.12. The van der Waals surface area contributed by atoms with E-state index in [1.807, 2.05) is 0 Å². The van der Waals surface area contributed by atoms with Crippen LogP contribution >= 0.6 is 12.4 Å². The third-order valence-electron chi connectivity index (χ3n) is 5.59. The Morgan fingerprint density at radius 2 is 1.96 bits per heavy atom. The quantitative estimate of drug-likeness (QED) is 0.936. The molecule has 1 spiro atoms. The second-order valence-corrected chi connectivity index (χ2v) is 6.99. The number of para-hydroxylation sites is 1. The molecule has 5 heteroatoms. The minimum absolute atomic E-state index is 0. The molecule has 2 fully saturated rings. The van der Waals surface area contributed by atoms with Crippen molar-refractivity contribution in [2.45, 2.75) is 39.3 Å². The highest BCUT2D eigenvalue weighted by atomic mass is 35.5. The van der Waals surface area contributed by atoms with E-state index in [-0.39, 0.29) is 12.4 Å². The number of nitrogens with zero attached hydrogens (tertiary/aromatic N) is 3. The Morgan fingerprint density at radius 3 is 2.74 bits per heavy atom. The van der Waals surface area contributed by atoms with Crippen LogP contribution in [0.3, 0.4) is 0 Å². The van der Waals surface area contributed by atoms with Crippen LogP contribution in [0.25, 0.3) is 10.9 Å². The number of piperidine rings is 1. The first kappa shape index (κ1) is 16.7. The van der Waals surface area contributed by atoms with Gasteiger partial charge in [0.1, 0.15) is 0 Å². The number of halogens is 1. The Morgan fingerprint density at radius 1 is 1.17 bits per heavy atom. The smallest absolute Gasteiger partial charge is 0.0843 e. The molecule has 23 heavy (non-hydrogen) atoms. The van der Waals surface area contributed by atoms with E-state index in [1.54, 1.807) is 0 Å². The summed E-state index contributed by atoms with van der Waals surface area (Å²) in [5.74, 6) is 0. The van der Waals surface area contributed by atoms with Gasteiger partial charge in [0.2, 0.25) is 0 Å². The van der Waals surface area contributed by atoms with Crippen molar-refractivity contribution in [3.63, 3.8) is 0 Å². The van der Waals surface area contributed by atoms with Crippen molar-refractivity contribution >= 4 is 23.3 Å². The van der Waals surface area contributed by atoms with E-state index in [0.717, 1.165) is 13.1 Å². The second kappa shape index (κ2) is 6.80. The van der Waals surface area contributed by atoms with E-state index in [1.165, 1.54) is 62.0 Å². The zero-order chi connectivity index (χ0) is 15.0. The van der Waals surface area contributed by atoms with E-state index in [0.29, 0.717) is 5.41 Å². The van der Waals surface area contributed by atoms with Gasteiger partial charge in [-0.3, -0.25) is 9.58 Å². The molecule has 2 aromatic rings. The number of likely N-dealkylation sites (tertiary alicyclic amines) is 1. The predicted molar refractivity (Wildman–Crippen MR) is 97.1 cm³/mol. The fraction of sp³-hybridized carbons (Fsp3) is 0.611. The second-order valence-electron chi connectivity index (χ2n) is 6.99. The molecule has 0 aliphatic carbocycles. The van der Waals surface area contributed by atoms with Gasteiger partial charge in [0.25, 0.3) is 0 Å². The van der Waals surface area contributed by atoms with Crippen LogP contribution in [0.15, 0.2) is 24.3 Å². The lowest BCUT2D eigenvalue weighted by molar-refractivity contribution is 0.193. The summed E-state index contributed by atoms with van der Waals surface area (Å²) >= 11 is 0. The lowest BCUT2D eigenvalue weighted by atomic mass is 9.78. The van der Waals surface area contributed by atoms with Crippen LogP contribution in [-0.4, -0.2) is 40.9 Å². The Balaban J connectivity index is 0.00000156. The van der Waals surface area contributed by atoms with Crippen molar-refractivity contribution in [1.82, 2.24) is 20.0 Å². The molecule has 0 unspecified atom stereocenters. The predicted octanol–water partition coefficient (Wildman–Crippen LogP) is 3.05. The summed E-state index contributed by atoms with van der Waals surface area (Å²) in [5, 5.41) is 9.70. The molecular weight excluding hydrogens is 308 g/mol. The largest absolute Gasteiger partial charge is 0.317 e. The number of hydrogen-bond donors (Lipinski definition) is 1. The summed E-state index contributed by atoms with van der Waals surface area (Å²) in [6, 6.07) is 8.65. The first-order valence-electron chi connectivity index (χ1n) is 8.67. The molecule has 2 aliphatic heterocycles. The Hall–Kier alpha value is -1.10. The molecule has 1 aromatic carbocycles. The van der Waals surface area contributed by atoms with Gasteiger partial charge >= 0.3 is 0 Å². The van der Waals surface area contributed by atoms with Gasteiger partial charge < -0.3 is 5.32 Å². The van der Waals surface area contributed by atoms with Gasteiger partial charge in [0, 0.05) is 25.0 Å². The van der Waals surface area contributed by atoms with Gasteiger partial charge in [-0.25, -0.2) is 0 Å². The molecule has 4 nitrogen and oxygen atoms in total. The van der Waals surface area contributed by atoms with E-state index in [9.17, 15) is 0 Å². The summed E-state index contributed by atoms with van der Waals surface area (Å²) < 4.78 is 2.14. The fourth-order valence-corrected chi connectivity index (χ4v) is 4.29. The van der Waals surface area contributed by atoms with Crippen molar-refractivity contribution in [3.05, 3.63) is 30.0 Å². The first-order valence-corrected chi connectivity index (χ1v) is 8.67. The van der Waals surface area contributed by atoms with Crippen LogP contribution in [-0.2, 0) is 13.1 Å². The SMILES string of the molecule is CCn1nc(CN2CCC3(CCNCC3)C2)c2ccccc21.Cl. The molecule has 0 saturated carbocycles. The highest BCUT2D eigenvalue weighted by molar-refractivity contribution is 5.85. The molecule has 1 N–H and O–H groups in total. The van der Waals surface area contributed by atoms with Crippen molar-refractivity contribution in [1.29, 1.82) is 0 Å². The zero-order valence-corrected chi connectivity index (χ0v) is 14.7. The number of aromatic nitrogens is 2. The summed E-state index contributed by atoms with van der Waals surface area (Å²) in [6.07, 6.45) is 4.04. The third-order valence-corrected chi connectivity index (χ3v) is 5.59. The number of fused-ring (bicyclic) bond motifs is 1. The average molecular weight is 335 g/mol. The normalized spacial score (nSPS) is 20.9. The maximum absolute atomic E-state index is 4.87. The van der Waals surface area contributed by atoms with Gasteiger partial charge in [-0.05, 0) is 57.3 Å². The summed E-state index contributed by atoms with van der Waals surface area (Å²) in [5.41, 5.74) is 3.10. The Labute approximate surface area is 144 Å². The average Bonchev–Trinajstić information content (AvgIpc) is 3.11. The van der Waals surface area contributed by atoms with Crippen molar-refractivity contribution in [2.24, 2.45) is 5.41 Å². The van der Waals surface area contributed by atoms with Gasteiger partial charge in [-0.15, -0.1) is 12.4 Å². The molecule has 3 heterocycles. The zero-order valence-electron chi connectivity index (χ0n) is 13.9. The van der Waals surface area contributed by atoms with Crippen molar-refractivity contribution in [3.8, 4) is 0 Å². The molecule has 0 bridgehead atoms. The highest BCUT2D eigenvalue weighted by Crippen LogP contribution is 2.39. The van der Waals surface area contributed by atoms with Crippen LogP contribution in [0.1, 0.15) is 31.9 Å². The standard InChI is InChI=1S/C18H26N4.ClH/c1-2-22-17-6-4-3-5-15(17)16(20-22)13-21-12-9-18(14-21)7-10-19-11-8-18;/h3-6,19H,2,7-14H2,1H3;1H. The molecular formula is C18H27ClN4. The Bertz CT molecular complexity index is 660. The lowest BCUT2D eigenvalue weighted by Gasteiger charge is -2.33. The lowest BCUT2D eigenvalue weighted by Crippen LogP contribution is -2.38. The number of hydrogen-bond acceptors (Lipinski definition) is 3. The van der Waals surface area contributed by atoms with Crippen LogP contribution in [0.2, 0.25) is 0 Å². The van der Waals surface area contributed by atoms with E-state index in [2.05, 4.69) is 46.1 Å². The molecule has 1 aromatic heterocycles.